The van der Waals surface area contributed by atoms with Gasteiger partial charge in [-0.1, -0.05) is 5.16 Å². The average Bonchev–Trinajstić information content (AvgIpc) is 3.39. The van der Waals surface area contributed by atoms with Crippen molar-refractivity contribution in [3.8, 4) is 11.3 Å². The molecule has 4 aromatic rings. The van der Waals surface area contributed by atoms with Crippen LogP contribution in [-0.2, 0) is 6.42 Å². The SMILES string of the molecule is Cc1cc(CCN2CCC(c3nnc4ccc(-c5cccnc5)nn34)CC2)on1. The summed E-state index contributed by atoms with van der Waals surface area (Å²) in [5.74, 6) is 2.28. The van der Waals surface area contributed by atoms with E-state index >= 15 is 0 Å². The number of aryl methyl sites for hydroxylation is 1. The van der Waals surface area contributed by atoms with E-state index in [1.165, 1.54) is 0 Å². The standard InChI is InChI=1S/C21H23N7O/c1-15-13-18(29-26-15)8-12-27-10-6-16(7-11-27)21-24-23-20-5-4-19(25-28(20)21)17-3-2-9-22-14-17/h2-5,9,13-14,16H,6-8,10-12H2,1H3. The van der Waals surface area contributed by atoms with E-state index in [9.17, 15) is 0 Å². The van der Waals surface area contributed by atoms with Gasteiger partial charge in [-0.2, -0.15) is 9.61 Å². The van der Waals surface area contributed by atoms with Crippen LogP contribution < -0.4 is 0 Å². The fourth-order valence-corrected chi connectivity index (χ4v) is 3.95. The third-order valence-corrected chi connectivity index (χ3v) is 5.55. The molecule has 0 radical (unpaired) electrons. The van der Waals surface area contributed by atoms with Crippen LogP contribution in [0.1, 0.15) is 36.0 Å². The Hall–Kier alpha value is -3.13. The summed E-state index contributed by atoms with van der Waals surface area (Å²) >= 11 is 0. The monoisotopic (exact) mass is 389 g/mol. The van der Waals surface area contributed by atoms with Gasteiger partial charge in [0.05, 0.1) is 11.4 Å². The minimum atomic E-state index is 0.366. The molecule has 0 spiro atoms. The average molecular weight is 389 g/mol. The maximum Gasteiger partial charge on any atom is 0.177 e. The molecule has 0 saturated carbocycles. The van der Waals surface area contributed by atoms with Crippen molar-refractivity contribution in [2.75, 3.05) is 19.6 Å². The van der Waals surface area contributed by atoms with E-state index in [0.717, 1.165) is 73.1 Å². The minimum absolute atomic E-state index is 0.366. The van der Waals surface area contributed by atoms with Gasteiger partial charge < -0.3 is 9.42 Å². The molecule has 0 aliphatic carbocycles. The molecule has 0 unspecified atom stereocenters. The maximum absolute atomic E-state index is 5.32. The lowest BCUT2D eigenvalue weighted by Crippen LogP contribution is -2.35. The molecule has 0 amide bonds. The van der Waals surface area contributed by atoms with E-state index in [-0.39, 0.29) is 0 Å². The van der Waals surface area contributed by atoms with Gasteiger partial charge in [0.1, 0.15) is 5.76 Å². The van der Waals surface area contributed by atoms with Crippen molar-refractivity contribution in [3.05, 3.63) is 60.0 Å². The summed E-state index contributed by atoms with van der Waals surface area (Å²) in [5, 5.41) is 17.6. The van der Waals surface area contributed by atoms with Crippen molar-refractivity contribution in [2.45, 2.75) is 32.1 Å². The Labute approximate surface area is 168 Å². The summed E-state index contributed by atoms with van der Waals surface area (Å²) in [5.41, 5.74) is 3.60. The highest BCUT2D eigenvalue weighted by Gasteiger charge is 2.25. The lowest BCUT2D eigenvalue weighted by molar-refractivity contribution is 0.205. The summed E-state index contributed by atoms with van der Waals surface area (Å²) in [6.07, 6.45) is 6.59. The Morgan fingerprint density at radius 1 is 1.14 bits per heavy atom. The van der Waals surface area contributed by atoms with Gasteiger partial charge in [-0.05, 0) is 57.1 Å². The third-order valence-electron chi connectivity index (χ3n) is 5.55. The highest BCUT2D eigenvalue weighted by Crippen LogP contribution is 2.27. The second kappa shape index (κ2) is 7.71. The Bertz CT molecular complexity index is 1100. The molecule has 8 nitrogen and oxygen atoms in total. The zero-order valence-corrected chi connectivity index (χ0v) is 16.4. The van der Waals surface area contributed by atoms with Crippen LogP contribution in [0.25, 0.3) is 16.9 Å². The van der Waals surface area contributed by atoms with Crippen molar-refractivity contribution in [1.29, 1.82) is 0 Å². The van der Waals surface area contributed by atoms with Crippen LogP contribution in [0.5, 0.6) is 0 Å². The smallest absolute Gasteiger partial charge is 0.177 e. The van der Waals surface area contributed by atoms with E-state index in [2.05, 4.69) is 25.2 Å². The Kier molecular flexibility index (Phi) is 4.77. The van der Waals surface area contributed by atoms with E-state index in [1.807, 2.05) is 48.0 Å². The molecular weight excluding hydrogens is 366 g/mol. The van der Waals surface area contributed by atoms with E-state index < -0.39 is 0 Å². The van der Waals surface area contributed by atoms with Gasteiger partial charge in [0.25, 0.3) is 0 Å². The van der Waals surface area contributed by atoms with Gasteiger partial charge in [-0.25, -0.2) is 0 Å². The second-order valence-electron chi connectivity index (χ2n) is 7.59. The quantitative estimate of drug-likeness (QED) is 0.519. The summed E-state index contributed by atoms with van der Waals surface area (Å²) in [6.45, 7) is 5.02. The zero-order valence-electron chi connectivity index (χ0n) is 16.4. The Morgan fingerprint density at radius 2 is 2.03 bits per heavy atom. The van der Waals surface area contributed by atoms with E-state index in [4.69, 9.17) is 9.62 Å². The maximum atomic E-state index is 5.32. The first-order chi connectivity index (χ1) is 14.3. The molecule has 148 valence electrons. The van der Waals surface area contributed by atoms with Gasteiger partial charge in [0.15, 0.2) is 11.5 Å². The number of pyridine rings is 1. The molecule has 1 fully saturated rings. The predicted octanol–water partition coefficient (Wildman–Crippen LogP) is 2.90. The lowest BCUT2D eigenvalue weighted by atomic mass is 9.96. The molecule has 8 heteroatoms. The van der Waals surface area contributed by atoms with Crippen molar-refractivity contribution in [1.82, 2.24) is 34.9 Å². The minimum Gasteiger partial charge on any atom is -0.361 e. The third kappa shape index (κ3) is 3.75. The molecule has 5 rings (SSSR count). The van der Waals surface area contributed by atoms with Crippen LogP contribution in [0.3, 0.4) is 0 Å². The van der Waals surface area contributed by atoms with E-state index in [1.54, 1.807) is 6.20 Å². The number of likely N-dealkylation sites (tertiary alicyclic amines) is 1. The van der Waals surface area contributed by atoms with Gasteiger partial charge in [-0.15, -0.1) is 10.2 Å². The second-order valence-corrected chi connectivity index (χ2v) is 7.59. The Morgan fingerprint density at radius 3 is 2.79 bits per heavy atom. The number of nitrogens with zero attached hydrogens (tertiary/aromatic N) is 7. The number of hydrogen-bond acceptors (Lipinski definition) is 7. The van der Waals surface area contributed by atoms with Crippen molar-refractivity contribution in [3.63, 3.8) is 0 Å². The molecule has 5 heterocycles. The molecule has 29 heavy (non-hydrogen) atoms. The van der Waals surface area contributed by atoms with Crippen LogP contribution in [0.15, 0.2) is 47.2 Å². The first-order valence-corrected chi connectivity index (χ1v) is 10.0. The number of piperidine rings is 1. The Balaban J connectivity index is 1.28. The van der Waals surface area contributed by atoms with Crippen LogP contribution in [0.2, 0.25) is 0 Å². The molecule has 0 bridgehead atoms. The number of aromatic nitrogens is 6. The summed E-state index contributed by atoms with van der Waals surface area (Å²) in [4.78, 5) is 6.67. The number of hydrogen-bond donors (Lipinski definition) is 0. The van der Waals surface area contributed by atoms with Crippen molar-refractivity contribution in [2.24, 2.45) is 0 Å². The molecule has 0 atom stereocenters. The summed E-state index contributed by atoms with van der Waals surface area (Å²) < 4.78 is 7.22. The molecule has 4 aromatic heterocycles. The zero-order chi connectivity index (χ0) is 19.6. The van der Waals surface area contributed by atoms with Gasteiger partial charge in [0, 0.05) is 42.9 Å². The predicted molar refractivity (Wildman–Crippen MR) is 107 cm³/mol. The largest absolute Gasteiger partial charge is 0.361 e. The van der Waals surface area contributed by atoms with Crippen molar-refractivity contribution >= 4 is 5.65 Å². The molecule has 1 aliphatic rings. The van der Waals surface area contributed by atoms with Crippen LogP contribution in [-0.4, -0.2) is 54.5 Å². The molecule has 0 N–H and O–H groups in total. The fraction of sp³-hybridized carbons (Fsp3) is 0.381. The highest BCUT2D eigenvalue weighted by molar-refractivity contribution is 5.58. The molecule has 1 aliphatic heterocycles. The molecular formula is C21H23N7O. The van der Waals surface area contributed by atoms with Gasteiger partial charge in [-0.3, -0.25) is 4.98 Å². The number of fused-ring (bicyclic) bond motifs is 1. The first kappa shape index (κ1) is 17.9. The summed E-state index contributed by atoms with van der Waals surface area (Å²) in [6, 6.07) is 9.89. The normalized spacial score (nSPS) is 15.9. The molecule has 0 aromatic carbocycles. The fourth-order valence-electron chi connectivity index (χ4n) is 3.95. The lowest BCUT2D eigenvalue weighted by Gasteiger charge is -2.30. The van der Waals surface area contributed by atoms with E-state index in [0.29, 0.717) is 5.92 Å². The highest BCUT2D eigenvalue weighted by atomic mass is 16.5. The van der Waals surface area contributed by atoms with Crippen LogP contribution in [0.4, 0.5) is 0 Å². The van der Waals surface area contributed by atoms with Gasteiger partial charge in [0.2, 0.25) is 0 Å². The first-order valence-electron chi connectivity index (χ1n) is 10.0. The van der Waals surface area contributed by atoms with Crippen molar-refractivity contribution < 1.29 is 4.52 Å². The number of rotatable bonds is 5. The van der Waals surface area contributed by atoms with Crippen LogP contribution >= 0.6 is 0 Å². The van der Waals surface area contributed by atoms with Gasteiger partial charge >= 0.3 is 0 Å². The summed E-state index contributed by atoms with van der Waals surface area (Å²) in [7, 11) is 0. The topological polar surface area (TPSA) is 85.2 Å². The molecule has 1 saturated heterocycles. The van der Waals surface area contributed by atoms with Crippen LogP contribution in [0, 0.1) is 6.92 Å².